The Morgan fingerprint density at radius 2 is 1.17 bits per heavy atom. The Morgan fingerprint density at radius 1 is 0.722 bits per heavy atom. The van der Waals surface area contributed by atoms with Gasteiger partial charge in [-0.25, -0.2) is 0 Å². The zero-order valence-corrected chi connectivity index (χ0v) is 14.9. The van der Waals surface area contributed by atoms with Crippen LogP contribution in [0.4, 0.5) is 0 Å². The fraction of sp³-hybridized carbons (Fsp3) is 1.00. The van der Waals surface area contributed by atoms with Crippen molar-refractivity contribution in [1.29, 1.82) is 0 Å². The van der Waals surface area contributed by atoms with Gasteiger partial charge in [0.1, 0.15) is 0 Å². The third-order valence-corrected chi connectivity index (χ3v) is 3.54. The van der Waals surface area contributed by atoms with E-state index in [-0.39, 0.29) is 24.0 Å². The van der Waals surface area contributed by atoms with Crippen molar-refractivity contribution in [1.82, 2.24) is 0 Å². The SMILES string of the molecule is CCCCCCCCCC[N+](C)(C)CCCO.[I-]. The molecule has 0 aromatic heterocycles. The summed E-state index contributed by atoms with van der Waals surface area (Å²) < 4.78 is 1.07. The van der Waals surface area contributed by atoms with Gasteiger partial charge in [-0.3, -0.25) is 0 Å². The largest absolute Gasteiger partial charge is 1.00 e. The monoisotopic (exact) mass is 371 g/mol. The van der Waals surface area contributed by atoms with E-state index in [1.54, 1.807) is 0 Å². The van der Waals surface area contributed by atoms with Gasteiger partial charge in [-0.05, 0) is 12.8 Å². The number of hydrogen-bond donors (Lipinski definition) is 1. The predicted molar refractivity (Wildman–Crippen MR) is 76.2 cm³/mol. The van der Waals surface area contributed by atoms with E-state index in [9.17, 15) is 0 Å². The van der Waals surface area contributed by atoms with Gasteiger partial charge >= 0.3 is 0 Å². The van der Waals surface area contributed by atoms with Crippen molar-refractivity contribution in [2.45, 2.75) is 64.7 Å². The summed E-state index contributed by atoms with van der Waals surface area (Å²) in [6.07, 6.45) is 12.1. The topological polar surface area (TPSA) is 20.2 Å². The van der Waals surface area contributed by atoms with E-state index in [0.717, 1.165) is 17.4 Å². The third-order valence-electron chi connectivity index (χ3n) is 3.54. The highest BCUT2D eigenvalue weighted by molar-refractivity contribution is 4.46. The highest BCUT2D eigenvalue weighted by atomic mass is 127. The first-order chi connectivity index (χ1) is 8.12. The number of quaternary nitrogens is 1. The minimum Gasteiger partial charge on any atom is -1.00 e. The molecule has 0 aliphatic rings. The van der Waals surface area contributed by atoms with Gasteiger partial charge in [0, 0.05) is 13.0 Å². The van der Waals surface area contributed by atoms with Gasteiger partial charge in [0.25, 0.3) is 0 Å². The predicted octanol–water partition coefficient (Wildman–Crippen LogP) is 0.590. The molecule has 0 bridgehead atoms. The molecule has 1 N–H and O–H groups in total. The van der Waals surface area contributed by atoms with E-state index < -0.39 is 0 Å². The molecule has 2 nitrogen and oxygen atoms in total. The first-order valence-corrected chi connectivity index (χ1v) is 7.55. The summed E-state index contributed by atoms with van der Waals surface area (Å²) in [6.45, 7) is 4.97. The van der Waals surface area contributed by atoms with Crippen LogP contribution in [0.25, 0.3) is 0 Å². The number of halogens is 1. The molecule has 0 aromatic rings. The van der Waals surface area contributed by atoms with Crippen LogP contribution in [0.1, 0.15) is 64.7 Å². The van der Waals surface area contributed by atoms with Crippen LogP contribution in [0.3, 0.4) is 0 Å². The quantitative estimate of drug-likeness (QED) is 0.303. The summed E-state index contributed by atoms with van der Waals surface area (Å²) in [5.74, 6) is 0. The zero-order chi connectivity index (χ0) is 13.0. The Hall–Kier alpha value is 0.650. The molecule has 0 radical (unpaired) electrons. The second-order valence-corrected chi connectivity index (χ2v) is 5.93. The van der Waals surface area contributed by atoms with Crippen LogP contribution in [-0.4, -0.2) is 43.4 Å². The maximum Gasteiger partial charge on any atom is 0.0804 e. The maximum absolute atomic E-state index is 8.83. The van der Waals surface area contributed by atoms with Gasteiger partial charge in [-0.2, -0.15) is 0 Å². The second-order valence-electron chi connectivity index (χ2n) is 5.93. The molecule has 0 heterocycles. The molecule has 0 rings (SSSR count). The highest BCUT2D eigenvalue weighted by Gasteiger charge is 2.12. The first-order valence-electron chi connectivity index (χ1n) is 7.55. The van der Waals surface area contributed by atoms with Gasteiger partial charge in [-0.1, -0.05) is 45.4 Å². The van der Waals surface area contributed by atoms with Crippen molar-refractivity contribution >= 4 is 0 Å². The maximum atomic E-state index is 8.83. The average molecular weight is 371 g/mol. The van der Waals surface area contributed by atoms with Crippen LogP contribution in [0.2, 0.25) is 0 Å². The summed E-state index contributed by atoms with van der Waals surface area (Å²) >= 11 is 0. The second kappa shape index (κ2) is 14.1. The van der Waals surface area contributed by atoms with Crippen LogP contribution >= 0.6 is 0 Å². The molecule has 0 spiro atoms. The fourth-order valence-corrected chi connectivity index (χ4v) is 2.28. The van der Waals surface area contributed by atoms with E-state index >= 15 is 0 Å². The van der Waals surface area contributed by atoms with E-state index in [1.807, 2.05) is 0 Å². The molecule has 0 amide bonds. The van der Waals surface area contributed by atoms with Crippen LogP contribution in [0.15, 0.2) is 0 Å². The van der Waals surface area contributed by atoms with Gasteiger partial charge < -0.3 is 33.6 Å². The lowest BCUT2D eigenvalue weighted by Gasteiger charge is -2.29. The smallest absolute Gasteiger partial charge is 0.0804 e. The molecule has 18 heavy (non-hydrogen) atoms. The number of nitrogens with zero attached hydrogens (tertiary/aromatic N) is 1. The van der Waals surface area contributed by atoms with Crippen molar-refractivity contribution in [3.63, 3.8) is 0 Å². The van der Waals surface area contributed by atoms with Crippen molar-refractivity contribution in [3.8, 4) is 0 Å². The van der Waals surface area contributed by atoms with Crippen molar-refractivity contribution < 1.29 is 33.6 Å². The van der Waals surface area contributed by atoms with Gasteiger partial charge in [-0.15, -0.1) is 0 Å². The molecular formula is C15H34INO. The van der Waals surface area contributed by atoms with Crippen molar-refractivity contribution in [2.24, 2.45) is 0 Å². The summed E-state index contributed by atoms with van der Waals surface area (Å²) in [5, 5.41) is 8.83. The van der Waals surface area contributed by atoms with E-state index in [0.29, 0.717) is 6.61 Å². The number of aliphatic hydroxyl groups excluding tert-OH is 1. The van der Waals surface area contributed by atoms with Crippen LogP contribution in [0, 0.1) is 0 Å². The fourth-order valence-electron chi connectivity index (χ4n) is 2.28. The summed E-state index contributed by atoms with van der Waals surface area (Å²) in [6, 6.07) is 0. The summed E-state index contributed by atoms with van der Waals surface area (Å²) in [4.78, 5) is 0. The molecule has 0 saturated heterocycles. The number of hydrogen-bond acceptors (Lipinski definition) is 1. The van der Waals surface area contributed by atoms with E-state index in [1.165, 1.54) is 57.9 Å². The minimum absolute atomic E-state index is 0. The molecule has 0 aromatic carbocycles. The minimum atomic E-state index is 0. The van der Waals surface area contributed by atoms with Gasteiger partial charge in [0.15, 0.2) is 0 Å². The first kappa shape index (κ1) is 21.0. The Morgan fingerprint density at radius 3 is 1.67 bits per heavy atom. The van der Waals surface area contributed by atoms with Gasteiger partial charge in [0.2, 0.25) is 0 Å². The molecule has 112 valence electrons. The van der Waals surface area contributed by atoms with Crippen LogP contribution in [0.5, 0.6) is 0 Å². The number of unbranched alkanes of at least 4 members (excludes halogenated alkanes) is 7. The Labute approximate surface area is 132 Å². The zero-order valence-electron chi connectivity index (χ0n) is 12.8. The normalized spacial score (nSPS) is 11.3. The Bertz CT molecular complexity index is 163. The van der Waals surface area contributed by atoms with E-state index in [4.69, 9.17) is 5.11 Å². The molecule has 0 atom stereocenters. The average Bonchev–Trinajstić information content (AvgIpc) is 2.30. The van der Waals surface area contributed by atoms with Gasteiger partial charge in [0.05, 0.1) is 27.2 Å². The van der Waals surface area contributed by atoms with E-state index in [2.05, 4.69) is 21.0 Å². The molecule has 3 heteroatoms. The highest BCUT2D eigenvalue weighted by Crippen LogP contribution is 2.10. The molecule has 0 unspecified atom stereocenters. The summed E-state index contributed by atoms with van der Waals surface area (Å²) in [5.41, 5.74) is 0. The lowest BCUT2D eigenvalue weighted by Crippen LogP contribution is -3.00. The third kappa shape index (κ3) is 14.7. The van der Waals surface area contributed by atoms with Crippen LogP contribution in [-0.2, 0) is 0 Å². The number of aliphatic hydroxyl groups is 1. The standard InChI is InChI=1S/C15H34NO.HI/c1-4-5-6-7-8-9-10-11-13-16(2,3)14-12-15-17;/h17H,4-15H2,1-3H3;1H/q+1;/p-1. The Balaban J connectivity index is 0. The molecule has 0 aliphatic carbocycles. The molecule has 0 aliphatic heterocycles. The number of rotatable bonds is 12. The summed E-state index contributed by atoms with van der Waals surface area (Å²) in [7, 11) is 4.55. The lowest BCUT2D eigenvalue weighted by molar-refractivity contribution is -0.890. The Kier molecular flexibility index (Phi) is 16.4. The molecule has 0 fully saturated rings. The molecular weight excluding hydrogens is 337 g/mol. The molecule has 0 saturated carbocycles. The van der Waals surface area contributed by atoms with Crippen molar-refractivity contribution in [2.75, 3.05) is 33.8 Å². The van der Waals surface area contributed by atoms with Crippen LogP contribution < -0.4 is 24.0 Å². The van der Waals surface area contributed by atoms with Crippen molar-refractivity contribution in [3.05, 3.63) is 0 Å². The lowest BCUT2D eigenvalue weighted by atomic mass is 10.1.